The van der Waals surface area contributed by atoms with E-state index in [1.807, 2.05) is 18.2 Å². The van der Waals surface area contributed by atoms with Crippen molar-refractivity contribution < 1.29 is 0 Å². The molecule has 1 aromatic carbocycles. The Morgan fingerprint density at radius 2 is 1.86 bits per heavy atom. The monoisotopic (exact) mass is 280 g/mol. The molecule has 2 aliphatic rings. The SMILES string of the molecule is CN1CC[C@H]2CN(c3ccc(-c4ccccc4)nn3)C[C@H]21. The fraction of sp³-hybridized carbons (Fsp3) is 0.412. The van der Waals surface area contributed by atoms with Crippen LogP contribution in [0.1, 0.15) is 6.42 Å². The Hall–Kier alpha value is -1.94. The molecule has 2 aromatic rings. The molecule has 4 rings (SSSR count). The van der Waals surface area contributed by atoms with Gasteiger partial charge < -0.3 is 9.80 Å². The second-order valence-corrected chi connectivity index (χ2v) is 6.14. The van der Waals surface area contributed by atoms with Crippen LogP contribution in [-0.4, -0.2) is 47.8 Å². The van der Waals surface area contributed by atoms with Gasteiger partial charge in [0, 0.05) is 24.7 Å². The first-order chi connectivity index (χ1) is 10.3. The van der Waals surface area contributed by atoms with Crippen LogP contribution in [0.5, 0.6) is 0 Å². The molecular formula is C17H20N4. The van der Waals surface area contributed by atoms with Gasteiger partial charge in [0.2, 0.25) is 0 Å². The van der Waals surface area contributed by atoms with Gasteiger partial charge >= 0.3 is 0 Å². The standard InChI is InChI=1S/C17H20N4/c1-20-10-9-14-11-21(12-16(14)20)17-8-7-15(18-19-17)13-5-3-2-4-6-13/h2-8,14,16H,9-12H2,1H3/t14-,16+/m0/s1. The molecule has 21 heavy (non-hydrogen) atoms. The molecule has 0 amide bonds. The van der Waals surface area contributed by atoms with Gasteiger partial charge in [0.1, 0.15) is 0 Å². The highest BCUT2D eigenvalue weighted by Gasteiger charge is 2.39. The van der Waals surface area contributed by atoms with Crippen LogP contribution < -0.4 is 4.90 Å². The minimum atomic E-state index is 0.695. The highest BCUT2D eigenvalue weighted by molar-refractivity contribution is 5.59. The number of benzene rings is 1. The molecule has 2 atom stereocenters. The molecule has 2 saturated heterocycles. The van der Waals surface area contributed by atoms with Crippen molar-refractivity contribution in [1.29, 1.82) is 0 Å². The highest BCUT2D eigenvalue weighted by Crippen LogP contribution is 2.32. The molecule has 0 aliphatic carbocycles. The van der Waals surface area contributed by atoms with Gasteiger partial charge in [0.15, 0.2) is 5.82 Å². The predicted octanol–water partition coefficient (Wildman–Crippen LogP) is 2.28. The Morgan fingerprint density at radius 3 is 2.57 bits per heavy atom. The van der Waals surface area contributed by atoms with Crippen LogP contribution in [0, 0.1) is 5.92 Å². The minimum Gasteiger partial charge on any atom is -0.353 e. The van der Waals surface area contributed by atoms with Gasteiger partial charge in [-0.25, -0.2) is 0 Å². The molecule has 3 heterocycles. The molecule has 0 saturated carbocycles. The van der Waals surface area contributed by atoms with Crippen LogP contribution in [0.3, 0.4) is 0 Å². The average Bonchev–Trinajstić information content (AvgIpc) is 3.11. The van der Waals surface area contributed by atoms with Gasteiger partial charge in [-0.1, -0.05) is 30.3 Å². The third-order valence-electron chi connectivity index (χ3n) is 4.87. The first-order valence-corrected chi connectivity index (χ1v) is 7.65. The summed E-state index contributed by atoms with van der Waals surface area (Å²) in [5, 5.41) is 8.85. The first kappa shape index (κ1) is 12.8. The number of rotatable bonds is 2. The average molecular weight is 280 g/mol. The molecule has 1 aromatic heterocycles. The number of likely N-dealkylation sites (N-methyl/N-ethyl adjacent to an activating group) is 1. The molecule has 0 radical (unpaired) electrons. The van der Waals surface area contributed by atoms with E-state index in [9.17, 15) is 0 Å². The number of nitrogens with zero attached hydrogens (tertiary/aromatic N) is 4. The summed E-state index contributed by atoms with van der Waals surface area (Å²) in [4.78, 5) is 4.86. The van der Waals surface area contributed by atoms with E-state index in [0.717, 1.165) is 36.1 Å². The summed E-state index contributed by atoms with van der Waals surface area (Å²) in [6, 6.07) is 15.1. The molecule has 0 bridgehead atoms. The second kappa shape index (κ2) is 5.11. The fourth-order valence-corrected chi connectivity index (χ4v) is 3.62. The Balaban J connectivity index is 1.53. The summed E-state index contributed by atoms with van der Waals surface area (Å²) in [5.74, 6) is 1.81. The number of aromatic nitrogens is 2. The summed E-state index contributed by atoms with van der Waals surface area (Å²) in [6.07, 6.45) is 1.31. The van der Waals surface area contributed by atoms with Crippen molar-refractivity contribution in [1.82, 2.24) is 15.1 Å². The molecule has 0 N–H and O–H groups in total. The van der Waals surface area contributed by atoms with Crippen molar-refractivity contribution in [2.45, 2.75) is 12.5 Å². The summed E-state index contributed by atoms with van der Waals surface area (Å²) in [6.45, 7) is 3.44. The van der Waals surface area contributed by atoms with Crippen LogP contribution in [0.25, 0.3) is 11.3 Å². The third-order valence-corrected chi connectivity index (χ3v) is 4.87. The van der Waals surface area contributed by atoms with Gasteiger partial charge in [0.25, 0.3) is 0 Å². The van der Waals surface area contributed by atoms with E-state index in [1.165, 1.54) is 13.0 Å². The van der Waals surface area contributed by atoms with E-state index in [-0.39, 0.29) is 0 Å². The van der Waals surface area contributed by atoms with Crippen LogP contribution in [0.4, 0.5) is 5.82 Å². The molecule has 108 valence electrons. The van der Waals surface area contributed by atoms with E-state index in [2.05, 4.69) is 51.3 Å². The Kier molecular flexibility index (Phi) is 3.11. The van der Waals surface area contributed by atoms with Gasteiger partial charge in [-0.3, -0.25) is 0 Å². The Morgan fingerprint density at radius 1 is 1.00 bits per heavy atom. The summed E-state index contributed by atoms with van der Waals surface area (Å²) < 4.78 is 0. The van der Waals surface area contributed by atoms with E-state index < -0.39 is 0 Å². The summed E-state index contributed by atoms with van der Waals surface area (Å²) in [7, 11) is 2.23. The van der Waals surface area contributed by atoms with Crippen molar-refractivity contribution >= 4 is 5.82 Å². The number of likely N-dealkylation sites (tertiary alicyclic amines) is 1. The van der Waals surface area contributed by atoms with Crippen molar-refractivity contribution in [3.05, 3.63) is 42.5 Å². The zero-order chi connectivity index (χ0) is 14.2. The maximum atomic E-state index is 4.45. The molecule has 2 fully saturated rings. The Bertz CT molecular complexity index is 610. The lowest BCUT2D eigenvalue weighted by molar-refractivity contribution is 0.310. The molecule has 2 aliphatic heterocycles. The van der Waals surface area contributed by atoms with Crippen molar-refractivity contribution in [3.63, 3.8) is 0 Å². The quantitative estimate of drug-likeness (QED) is 0.845. The van der Waals surface area contributed by atoms with Crippen molar-refractivity contribution in [3.8, 4) is 11.3 Å². The number of hydrogen-bond acceptors (Lipinski definition) is 4. The smallest absolute Gasteiger partial charge is 0.151 e. The van der Waals surface area contributed by atoms with Gasteiger partial charge in [0.05, 0.1) is 5.69 Å². The molecule has 4 heteroatoms. The maximum absolute atomic E-state index is 4.45. The summed E-state index contributed by atoms with van der Waals surface area (Å²) >= 11 is 0. The minimum absolute atomic E-state index is 0.695. The van der Waals surface area contributed by atoms with Gasteiger partial charge in [-0.15, -0.1) is 10.2 Å². The van der Waals surface area contributed by atoms with E-state index >= 15 is 0 Å². The lowest BCUT2D eigenvalue weighted by Crippen LogP contribution is -2.32. The first-order valence-electron chi connectivity index (χ1n) is 7.65. The molecule has 4 nitrogen and oxygen atoms in total. The topological polar surface area (TPSA) is 32.3 Å². The zero-order valence-corrected chi connectivity index (χ0v) is 12.3. The number of anilines is 1. The molecule has 0 spiro atoms. The van der Waals surface area contributed by atoms with E-state index in [1.54, 1.807) is 0 Å². The number of hydrogen-bond donors (Lipinski definition) is 0. The third kappa shape index (κ3) is 2.29. The maximum Gasteiger partial charge on any atom is 0.151 e. The largest absolute Gasteiger partial charge is 0.353 e. The van der Waals surface area contributed by atoms with Gasteiger partial charge in [-0.2, -0.15) is 0 Å². The fourth-order valence-electron chi connectivity index (χ4n) is 3.62. The van der Waals surface area contributed by atoms with Crippen LogP contribution >= 0.6 is 0 Å². The van der Waals surface area contributed by atoms with Crippen LogP contribution in [0.2, 0.25) is 0 Å². The number of fused-ring (bicyclic) bond motifs is 1. The Labute approximate surface area is 125 Å². The van der Waals surface area contributed by atoms with Crippen molar-refractivity contribution in [2.75, 3.05) is 31.6 Å². The zero-order valence-electron chi connectivity index (χ0n) is 12.3. The molecular weight excluding hydrogens is 260 g/mol. The lowest BCUT2D eigenvalue weighted by Gasteiger charge is -2.21. The van der Waals surface area contributed by atoms with Crippen molar-refractivity contribution in [2.24, 2.45) is 5.92 Å². The highest BCUT2D eigenvalue weighted by atomic mass is 15.3. The van der Waals surface area contributed by atoms with Crippen LogP contribution in [-0.2, 0) is 0 Å². The second-order valence-electron chi connectivity index (χ2n) is 6.14. The normalized spacial score (nSPS) is 25.3. The van der Waals surface area contributed by atoms with E-state index in [0.29, 0.717) is 6.04 Å². The van der Waals surface area contributed by atoms with E-state index in [4.69, 9.17) is 0 Å². The van der Waals surface area contributed by atoms with Crippen LogP contribution in [0.15, 0.2) is 42.5 Å². The molecule has 0 unspecified atom stereocenters. The predicted molar refractivity (Wildman–Crippen MR) is 84.2 cm³/mol. The summed E-state index contributed by atoms with van der Waals surface area (Å²) in [5.41, 5.74) is 2.06. The lowest BCUT2D eigenvalue weighted by atomic mass is 10.1. The van der Waals surface area contributed by atoms with Gasteiger partial charge in [-0.05, 0) is 38.1 Å².